The summed E-state index contributed by atoms with van der Waals surface area (Å²) in [6, 6.07) is 7.77. The Bertz CT molecular complexity index is 301. The molecule has 0 saturated carbocycles. The number of halogens is 1. The Morgan fingerprint density at radius 3 is 2.67 bits per heavy atom. The average molecular weight is 272 g/mol. The molecular weight excluding hydrogens is 254 g/mol. The zero-order valence-corrected chi connectivity index (χ0v) is 10.8. The quantitative estimate of drug-likeness (QED) is 0.863. The predicted octanol–water partition coefficient (Wildman–Crippen LogP) is 2.73. The minimum atomic E-state index is -0.429. The molecule has 0 bridgehead atoms. The average Bonchev–Trinajstić information content (AvgIpc) is 2.17. The van der Waals surface area contributed by atoms with Crippen LogP contribution in [0.25, 0.3) is 0 Å². The van der Waals surface area contributed by atoms with Crippen molar-refractivity contribution in [3.63, 3.8) is 0 Å². The number of rotatable bonds is 5. The first kappa shape index (κ1) is 12.7. The van der Waals surface area contributed by atoms with Gasteiger partial charge in [-0.3, -0.25) is 0 Å². The molecule has 0 fully saturated rings. The van der Waals surface area contributed by atoms with Crippen molar-refractivity contribution < 1.29 is 5.11 Å². The Morgan fingerprint density at radius 2 is 2.07 bits per heavy atom. The first-order valence-electron chi connectivity index (χ1n) is 5.24. The van der Waals surface area contributed by atoms with Crippen molar-refractivity contribution in [2.24, 2.45) is 5.92 Å². The predicted molar refractivity (Wildman–Crippen MR) is 66.8 cm³/mol. The third kappa shape index (κ3) is 4.78. The number of nitrogens with one attached hydrogen (secondary N) is 1. The lowest BCUT2D eigenvalue weighted by molar-refractivity contribution is 0.173. The first-order valence-corrected chi connectivity index (χ1v) is 6.03. The van der Waals surface area contributed by atoms with Gasteiger partial charge < -0.3 is 10.4 Å². The summed E-state index contributed by atoms with van der Waals surface area (Å²) in [5, 5.41) is 13.1. The van der Waals surface area contributed by atoms with Crippen LogP contribution in [0.4, 0.5) is 0 Å². The van der Waals surface area contributed by atoms with Gasteiger partial charge in [0.05, 0.1) is 6.10 Å². The van der Waals surface area contributed by atoms with E-state index in [9.17, 15) is 5.11 Å². The van der Waals surface area contributed by atoms with Gasteiger partial charge in [0.25, 0.3) is 0 Å². The standard InChI is InChI=1S/C12H18BrNO/c1-9(2)7-14-8-12(15)10-4-3-5-11(13)6-10/h3-6,9,12,14-15H,7-8H2,1-2H3. The lowest BCUT2D eigenvalue weighted by Crippen LogP contribution is -2.25. The highest BCUT2D eigenvalue weighted by atomic mass is 79.9. The van der Waals surface area contributed by atoms with Crippen molar-refractivity contribution in [3.05, 3.63) is 34.3 Å². The van der Waals surface area contributed by atoms with Crippen molar-refractivity contribution in [1.29, 1.82) is 0 Å². The smallest absolute Gasteiger partial charge is 0.0914 e. The minimum Gasteiger partial charge on any atom is -0.387 e. The van der Waals surface area contributed by atoms with Crippen LogP contribution in [0.1, 0.15) is 25.5 Å². The monoisotopic (exact) mass is 271 g/mol. The molecule has 1 unspecified atom stereocenters. The van der Waals surface area contributed by atoms with Crippen LogP contribution >= 0.6 is 15.9 Å². The third-order valence-corrected chi connectivity index (χ3v) is 2.62. The molecule has 0 amide bonds. The van der Waals surface area contributed by atoms with Crippen LogP contribution in [0, 0.1) is 5.92 Å². The second-order valence-corrected chi connectivity index (χ2v) is 5.04. The lowest BCUT2D eigenvalue weighted by Gasteiger charge is -2.13. The second kappa shape index (κ2) is 6.26. The Hall–Kier alpha value is -0.380. The summed E-state index contributed by atoms with van der Waals surface area (Å²) in [6.45, 7) is 5.84. The van der Waals surface area contributed by atoms with E-state index in [0.29, 0.717) is 12.5 Å². The zero-order chi connectivity index (χ0) is 11.3. The topological polar surface area (TPSA) is 32.3 Å². The van der Waals surface area contributed by atoms with E-state index in [1.807, 2.05) is 24.3 Å². The molecule has 0 aliphatic heterocycles. The molecule has 1 atom stereocenters. The fourth-order valence-electron chi connectivity index (χ4n) is 1.34. The van der Waals surface area contributed by atoms with E-state index < -0.39 is 6.10 Å². The van der Waals surface area contributed by atoms with Crippen molar-refractivity contribution >= 4 is 15.9 Å². The van der Waals surface area contributed by atoms with Crippen LogP contribution in [0.3, 0.4) is 0 Å². The first-order chi connectivity index (χ1) is 7.09. The van der Waals surface area contributed by atoms with Gasteiger partial charge in [0.15, 0.2) is 0 Å². The molecule has 2 nitrogen and oxygen atoms in total. The summed E-state index contributed by atoms with van der Waals surface area (Å²) in [4.78, 5) is 0. The van der Waals surface area contributed by atoms with Gasteiger partial charge in [-0.1, -0.05) is 41.9 Å². The molecule has 3 heteroatoms. The second-order valence-electron chi connectivity index (χ2n) is 4.12. The van der Waals surface area contributed by atoms with E-state index in [-0.39, 0.29) is 0 Å². The molecule has 2 N–H and O–H groups in total. The van der Waals surface area contributed by atoms with Gasteiger partial charge in [-0.15, -0.1) is 0 Å². The highest BCUT2D eigenvalue weighted by Gasteiger charge is 2.07. The van der Waals surface area contributed by atoms with Crippen LogP contribution in [-0.4, -0.2) is 18.2 Å². The molecule has 0 aliphatic rings. The van der Waals surface area contributed by atoms with Gasteiger partial charge in [0.1, 0.15) is 0 Å². The summed E-state index contributed by atoms with van der Waals surface area (Å²) >= 11 is 3.39. The summed E-state index contributed by atoms with van der Waals surface area (Å²) in [5.74, 6) is 0.611. The SMILES string of the molecule is CC(C)CNCC(O)c1cccc(Br)c1. The maximum atomic E-state index is 9.87. The number of aliphatic hydroxyl groups is 1. The van der Waals surface area contributed by atoms with Crippen molar-refractivity contribution in [3.8, 4) is 0 Å². The summed E-state index contributed by atoms with van der Waals surface area (Å²) in [7, 11) is 0. The highest BCUT2D eigenvalue weighted by Crippen LogP contribution is 2.17. The largest absolute Gasteiger partial charge is 0.387 e. The van der Waals surface area contributed by atoms with E-state index in [1.165, 1.54) is 0 Å². The molecule has 0 aliphatic carbocycles. The zero-order valence-electron chi connectivity index (χ0n) is 9.20. The molecule has 0 radical (unpaired) electrons. The van der Waals surface area contributed by atoms with Crippen molar-refractivity contribution in [2.45, 2.75) is 20.0 Å². The van der Waals surface area contributed by atoms with Crippen molar-refractivity contribution in [1.82, 2.24) is 5.32 Å². The number of hydrogen-bond acceptors (Lipinski definition) is 2. The summed E-state index contributed by atoms with van der Waals surface area (Å²) < 4.78 is 1.00. The molecule has 84 valence electrons. The van der Waals surface area contributed by atoms with E-state index in [1.54, 1.807) is 0 Å². The van der Waals surface area contributed by atoms with Crippen LogP contribution in [0.15, 0.2) is 28.7 Å². The third-order valence-electron chi connectivity index (χ3n) is 2.12. The van der Waals surface area contributed by atoms with Gasteiger partial charge >= 0.3 is 0 Å². The molecule has 0 saturated heterocycles. The van der Waals surface area contributed by atoms with Gasteiger partial charge in [0, 0.05) is 11.0 Å². The number of hydrogen-bond donors (Lipinski definition) is 2. The lowest BCUT2D eigenvalue weighted by atomic mass is 10.1. The van der Waals surface area contributed by atoms with Gasteiger partial charge in [-0.25, -0.2) is 0 Å². The molecular formula is C12H18BrNO. The fourth-order valence-corrected chi connectivity index (χ4v) is 1.76. The van der Waals surface area contributed by atoms with Gasteiger partial charge in [0.2, 0.25) is 0 Å². The molecule has 1 aromatic carbocycles. The molecule has 15 heavy (non-hydrogen) atoms. The van der Waals surface area contributed by atoms with Gasteiger partial charge in [-0.05, 0) is 30.2 Å². The minimum absolute atomic E-state index is 0.429. The van der Waals surface area contributed by atoms with Crippen molar-refractivity contribution in [2.75, 3.05) is 13.1 Å². The molecule has 0 heterocycles. The van der Waals surface area contributed by atoms with Crippen LogP contribution < -0.4 is 5.32 Å². The van der Waals surface area contributed by atoms with E-state index in [4.69, 9.17) is 0 Å². The summed E-state index contributed by atoms with van der Waals surface area (Å²) in [5.41, 5.74) is 0.945. The normalized spacial score (nSPS) is 13.1. The summed E-state index contributed by atoms with van der Waals surface area (Å²) in [6.07, 6.45) is -0.429. The molecule has 1 aromatic rings. The number of aliphatic hydroxyl groups excluding tert-OH is 1. The Kier molecular flexibility index (Phi) is 5.29. The van der Waals surface area contributed by atoms with Crippen LogP contribution in [0.5, 0.6) is 0 Å². The van der Waals surface area contributed by atoms with E-state index >= 15 is 0 Å². The fraction of sp³-hybridized carbons (Fsp3) is 0.500. The van der Waals surface area contributed by atoms with Crippen LogP contribution in [0.2, 0.25) is 0 Å². The van der Waals surface area contributed by atoms with Crippen LogP contribution in [-0.2, 0) is 0 Å². The Labute approximate surface area is 99.8 Å². The Morgan fingerprint density at radius 1 is 1.33 bits per heavy atom. The molecule has 0 aromatic heterocycles. The van der Waals surface area contributed by atoms with Gasteiger partial charge in [-0.2, -0.15) is 0 Å². The van der Waals surface area contributed by atoms with E-state index in [0.717, 1.165) is 16.6 Å². The maximum Gasteiger partial charge on any atom is 0.0914 e. The highest BCUT2D eigenvalue weighted by molar-refractivity contribution is 9.10. The molecule has 1 rings (SSSR count). The number of benzene rings is 1. The Balaban J connectivity index is 2.43. The maximum absolute atomic E-state index is 9.87. The molecule has 0 spiro atoms. The van der Waals surface area contributed by atoms with E-state index in [2.05, 4.69) is 35.1 Å².